The SMILES string of the molecule is CCCCC(CCC)NC(CC)c1ccc(Br)cc1. The molecule has 2 heteroatoms. The first-order valence-electron chi connectivity index (χ1n) is 7.72. The van der Waals surface area contributed by atoms with Crippen LogP contribution in [0.3, 0.4) is 0 Å². The highest BCUT2D eigenvalue weighted by atomic mass is 79.9. The Morgan fingerprint density at radius 3 is 2.21 bits per heavy atom. The second-order valence-electron chi connectivity index (χ2n) is 5.31. The zero-order valence-corrected chi connectivity index (χ0v) is 14.2. The molecule has 0 fully saturated rings. The standard InChI is InChI=1S/C17H28BrN/c1-4-7-9-16(8-5-2)19-17(6-3)14-10-12-15(18)13-11-14/h10-13,16-17,19H,4-9H2,1-3H3. The van der Waals surface area contributed by atoms with Crippen LogP contribution in [0, 0.1) is 0 Å². The molecule has 0 aliphatic heterocycles. The zero-order chi connectivity index (χ0) is 14.1. The molecule has 0 spiro atoms. The molecule has 1 aromatic carbocycles. The van der Waals surface area contributed by atoms with E-state index in [4.69, 9.17) is 0 Å². The summed E-state index contributed by atoms with van der Waals surface area (Å²) in [5.74, 6) is 0. The molecule has 0 aliphatic carbocycles. The van der Waals surface area contributed by atoms with Crippen LogP contribution in [-0.2, 0) is 0 Å². The lowest BCUT2D eigenvalue weighted by molar-refractivity contribution is 0.377. The van der Waals surface area contributed by atoms with E-state index in [0.717, 1.165) is 10.9 Å². The van der Waals surface area contributed by atoms with Crippen LogP contribution in [0.15, 0.2) is 28.7 Å². The van der Waals surface area contributed by atoms with Gasteiger partial charge in [0.1, 0.15) is 0 Å². The van der Waals surface area contributed by atoms with Crippen LogP contribution < -0.4 is 5.32 Å². The molecule has 1 nitrogen and oxygen atoms in total. The molecule has 2 unspecified atom stereocenters. The van der Waals surface area contributed by atoms with E-state index >= 15 is 0 Å². The maximum Gasteiger partial charge on any atom is 0.0320 e. The van der Waals surface area contributed by atoms with Gasteiger partial charge in [0, 0.05) is 16.6 Å². The molecule has 1 N–H and O–H groups in total. The van der Waals surface area contributed by atoms with E-state index < -0.39 is 0 Å². The van der Waals surface area contributed by atoms with Gasteiger partial charge in [0.05, 0.1) is 0 Å². The first kappa shape index (κ1) is 16.7. The lowest BCUT2D eigenvalue weighted by Crippen LogP contribution is -2.32. The maximum atomic E-state index is 3.86. The average Bonchev–Trinajstić information content (AvgIpc) is 2.43. The Kier molecular flexibility index (Phi) is 8.40. The van der Waals surface area contributed by atoms with Crippen molar-refractivity contribution in [1.29, 1.82) is 0 Å². The van der Waals surface area contributed by atoms with Crippen molar-refractivity contribution >= 4 is 15.9 Å². The number of rotatable bonds is 9. The van der Waals surface area contributed by atoms with Crippen molar-refractivity contribution in [2.24, 2.45) is 0 Å². The third kappa shape index (κ3) is 6.09. The molecule has 1 aromatic rings. The fourth-order valence-corrected chi connectivity index (χ4v) is 2.80. The highest BCUT2D eigenvalue weighted by Gasteiger charge is 2.14. The third-order valence-corrected chi connectivity index (χ3v) is 4.19. The molecule has 0 aliphatic rings. The summed E-state index contributed by atoms with van der Waals surface area (Å²) in [6, 6.07) is 9.89. The van der Waals surface area contributed by atoms with Gasteiger partial charge in [0.15, 0.2) is 0 Å². The van der Waals surface area contributed by atoms with Crippen molar-refractivity contribution in [3.63, 3.8) is 0 Å². The van der Waals surface area contributed by atoms with Crippen molar-refractivity contribution in [3.05, 3.63) is 34.3 Å². The zero-order valence-electron chi connectivity index (χ0n) is 12.6. The van der Waals surface area contributed by atoms with Crippen molar-refractivity contribution in [2.45, 2.75) is 71.4 Å². The van der Waals surface area contributed by atoms with Crippen molar-refractivity contribution in [2.75, 3.05) is 0 Å². The summed E-state index contributed by atoms with van der Waals surface area (Å²) in [7, 11) is 0. The van der Waals surface area contributed by atoms with Crippen LogP contribution in [0.1, 0.15) is 70.9 Å². The Balaban J connectivity index is 2.64. The van der Waals surface area contributed by atoms with Crippen molar-refractivity contribution < 1.29 is 0 Å². The quantitative estimate of drug-likeness (QED) is 0.600. The summed E-state index contributed by atoms with van der Waals surface area (Å²) < 4.78 is 1.15. The molecule has 0 saturated heterocycles. The van der Waals surface area contributed by atoms with Gasteiger partial charge in [-0.15, -0.1) is 0 Å². The average molecular weight is 326 g/mol. The number of unbranched alkanes of at least 4 members (excludes halogenated alkanes) is 1. The molecule has 0 aromatic heterocycles. The highest BCUT2D eigenvalue weighted by Crippen LogP contribution is 2.21. The summed E-state index contributed by atoms with van der Waals surface area (Å²) in [6.45, 7) is 6.82. The first-order valence-corrected chi connectivity index (χ1v) is 8.52. The minimum Gasteiger partial charge on any atom is -0.307 e. The maximum absolute atomic E-state index is 3.86. The Labute approximate surface area is 127 Å². The monoisotopic (exact) mass is 325 g/mol. The summed E-state index contributed by atoms with van der Waals surface area (Å²) >= 11 is 3.51. The second-order valence-corrected chi connectivity index (χ2v) is 6.22. The van der Waals surface area contributed by atoms with Crippen LogP contribution in [0.5, 0.6) is 0 Å². The van der Waals surface area contributed by atoms with Crippen LogP contribution in [0.4, 0.5) is 0 Å². The molecule has 1 rings (SSSR count). The van der Waals surface area contributed by atoms with Gasteiger partial charge in [-0.25, -0.2) is 0 Å². The van der Waals surface area contributed by atoms with E-state index in [9.17, 15) is 0 Å². The van der Waals surface area contributed by atoms with Gasteiger partial charge in [0.25, 0.3) is 0 Å². The van der Waals surface area contributed by atoms with E-state index in [-0.39, 0.29) is 0 Å². The topological polar surface area (TPSA) is 12.0 Å². The summed E-state index contributed by atoms with van der Waals surface area (Å²) in [5, 5.41) is 3.86. The number of nitrogens with one attached hydrogen (secondary N) is 1. The predicted octanol–water partition coefficient (Wildman–Crippen LogP) is 5.85. The summed E-state index contributed by atoms with van der Waals surface area (Å²) in [4.78, 5) is 0. The van der Waals surface area contributed by atoms with Crippen LogP contribution in [-0.4, -0.2) is 6.04 Å². The van der Waals surface area contributed by atoms with Gasteiger partial charge in [-0.05, 0) is 37.0 Å². The largest absolute Gasteiger partial charge is 0.307 e. The molecular formula is C17H28BrN. The Morgan fingerprint density at radius 2 is 1.68 bits per heavy atom. The van der Waals surface area contributed by atoms with Crippen molar-refractivity contribution in [1.82, 2.24) is 5.32 Å². The third-order valence-electron chi connectivity index (χ3n) is 3.66. The van der Waals surface area contributed by atoms with Gasteiger partial charge in [-0.1, -0.05) is 68.1 Å². The number of hydrogen-bond donors (Lipinski definition) is 1. The minimum atomic E-state index is 0.488. The Morgan fingerprint density at radius 1 is 1.00 bits per heavy atom. The second kappa shape index (κ2) is 9.55. The lowest BCUT2D eigenvalue weighted by Gasteiger charge is -2.25. The van der Waals surface area contributed by atoms with Gasteiger partial charge in [0.2, 0.25) is 0 Å². The molecule has 108 valence electrons. The van der Waals surface area contributed by atoms with Crippen molar-refractivity contribution in [3.8, 4) is 0 Å². The van der Waals surface area contributed by atoms with Crippen LogP contribution in [0.25, 0.3) is 0 Å². The smallest absolute Gasteiger partial charge is 0.0320 e. The van der Waals surface area contributed by atoms with Gasteiger partial charge in [-0.2, -0.15) is 0 Å². The van der Waals surface area contributed by atoms with E-state index in [1.54, 1.807) is 0 Å². The fraction of sp³-hybridized carbons (Fsp3) is 0.647. The summed E-state index contributed by atoms with van der Waals surface area (Å²) in [5.41, 5.74) is 1.41. The molecule has 0 amide bonds. The highest BCUT2D eigenvalue weighted by molar-refractivity contribution is 9.10. The van der Waals surface area contributed by atoms with E-state index in [1.165, 1.54) is 37.7 Å². The first-order chi connectivity index (χ1) is 9.21. The Hall–Kier alpha value is -0.340. The molecule has 0 saturated carbocycles. The van der Waals surface area contributed by atoms with Crippen LogP contribution >= 0.6 is 15.9 Å². The number of halogens is 1. The summed E-state index contributed by atoms with van der Waals surface area (Å²) in [6.07, 6.45) is 7.61. The molecule has 0 bridgehead atoms. The van der Waals surface area contributed by atoms with E-state index in [1.807, 2.05) is 0 Å². The fourth-order valence-electron chi connectivity index (χ4n) is 2.54. The van der Waals surface area contributed by atoms with Gasteiger partial charge in [-0.3, -0.25) is 0 Å². The van der Waals surface area contributed by atoms with Gasteiger partial charge >= 0.3 is 0 Å². The predicted molar refractivity (Wildman–Crippen MR) is 88.5 cm³/mol. The normalized spacial score (nSPS) is 14.3. The molecule has 0 heterocycles. The van der Waals surface area contributed by atoms with E-state index in [0.29, 0.717) is 12.1 Å². The lowest BCUT2D eigenvalue weighted by atomic mass is 9.99. The van der Waals surface area contributed by atoms with Crippen LogP contribution in [0.2, 0.25) is 0 Å². The minimum absolute atomic E-state index is 0.488. The molecule has 19 heavy (non-hydrogen) atoms. The molecule has 0 radical (unpaired) electrons. The Bertz CT molecular complexity index is 334. The van der Waals surface area contributed by atoms with E-state index in [2.05, 4.69) is 66.3 Å². The molecule has 2 atom stereocenters. The number of benzene rings is 1. The van der Waals surface area contributed by atoms with Gasteiger partial charge < -0.3 is 5.32 Å². The molecular weight excluding hydrogens is 298 g/mol. The number of hydrogen-bond acceptors (Lipinski definition) is 1.